The zero-order valence-electron chi connectivity index (χ0n) is 11.7. The van der Waals surface area contributed by atoms with E-state index >= 15 is 0 Å². The van der Waals surface area contributed by atoms with Gasteiger partial charge in [-0.3, -0.25) is 4.79 Å². The van der Waals surface area contributed by atoms with Crippen LogP contribution in [0.25, 0.3) is 0 Å². The summed E-state index contributed by atoms with van der Waals surface area (Å²) >= 11 is 0. The van der Waals surface area contributed by atoms with Gasteiger partial charge >= 0.3 is 0 Å². The summed E-state index contributed by atoms with van der Waals surface area (Å²) in [5.74, 6) is 0.488. The van der Waals surface area contributed by atoms with Crippen molar-refractivity contribution in [3.05, 3.63) is 17.8 Å². The molecule has 5 heteroatoms. The van der Waals surface area contributed by atoms with Crippen LogP contribution in [0, 0.1) is 0 Å². The largest absolute Gasteiger partial charge is 0.364 e. The SMILES string of the molecule is CCC(C)NC(=O)c1ccc(NC(C)(C)C)nn1. The molecule has 1 rings (SSSR count). The fourth-order valence-electron chi connectivity index (χ4n) is 1.30. The van der Waals surface area contributed by atoms with Gasteiger partial charge in [0.05, 0.1) is 0 Å². The van der Waals surface area contributed by atoms with E-state index < -0.39 is 0 Å². The average molecular weight is 250 g/mol. The molecule has 0 aliphatic carbocycles. The van der Waals surface area contributed by atoms with Gasteiger partial charge < -0.3 is 10.6 Å². The van der Waals surface area contributed by atoms with Crippen molar-refractivity contribution >= 4 is 11.7 Å². The Morgan fingerprint density at radius 2 is 2.00 bits per heavy atom. The van der Waals surface area contributed by atoms with E-state index in [1.54, 1.807) is 12.1 Å². The van der Waals surface area contributed by atoms with Crippen molar-refractivity contribution in [2.45, 2.75) is 52.6 Å². The zero-order valence-corrected chi connectivity index (χ0v) is 11.7. The van der Waals surface area contributed by atoms with E-state index in [4.69, 9.17) is 0 Å². The molecule has 1 aromatic rings. The van der Waals surface area contributed by atoms with Crippen LogP contribution in [0.3, 0.4) is 0 Å². The summed E-state index contributed by atoms with van der Waals surface area (Å²) in [6.45, 7) is 10.1. The maximum Gasteiger partial charge on any atom is 0.272 e. The van der Waals surface area contributed by atoms with Gasteiger partial charge in [-0.25, -0.2) is 0 Å². The highest BCUT2D eigenvalue weighted by atomic mass is 16.2. The lowest BCUT2D eigenvalue weighted by atomic mass is 10.1. The van der Waals surface area contributed by atoms with Crippen molar-refractivity contribution in [3.8, 4) is 0 Å². The van der Waals surface area contributed by atoms with E-state index in [2.05, 4.69) is 20.8 Å². The number of nitrogens with zero attached hydrogens (tertiary/aromatic N) is 2. The maximum atomic E-state index is 11.8. The van der Waals surface area contributed by atoms with Crippen LogP contribution in [-0.2, 0) is 0 Å². The first-order chi connectivity index (χ1) is 8.31. The highest BCUT2D eigenvalue weighted by Crippen LogP contribution is 2.10. The molecule has 0 bridgehead atoms. The molecule has 0 saturated heterocycles. The Labute approximate surface area is 108 Å². The van der Waals surface area contributed by atoms with Crippen molar-refractivity contribution in [2.24, 2.45) is 0 Å². The molecule has 0 saturated carbocycles. The Bertz CT molecular complexity index is 394. The smallest absolute Gasteiger partial charge is 0.272 e. The van der Waals surface area contributed by atoms with Crippen LogP contribution in [0.4, 0.5) is 5.82 Å². The second kappa shape index (κ2) is 5.80. The van der Waals surface area contributed by atoms with Gasteiger partial charge in [-0.05, 0) is 46.2 Å². The number of hydrogen-bond acceptors (Lipinski definition) is 4. The molecule has 1 amide bonds. The molecule has 0 aliphatic heterocycles. The van der Waals surface area contributed by atoms with Crippen molar-refractivity contribution < 1.29 is 4.79 Å². The molecule has 18 heavy (non-hydrogen) atoms. The normalized spacial score (nSPS) is 12.9. The summed E-state index contributed by atoms with van der Waals surface area (Å²) in [6, 6.07) is 3.59. The van der Waals surface area contributed by atoms with Crippen LogP contribution in [-0.4, -0.2) is 27.7 Å². The molecule has 0 aromatic carbocycles. The number of amides is 1. The van der Waals surface area contributed by atoms with Gasteiger partial charge in [-0.15, -0.1) is 10.2 Å². The minimum atomic E-state index is -0.181. The summed E-state index contributed by atoms with van der Waals surface area (Å²) in [5.41, 5.74) is 0.268. The molecule has 5 nitrogen and oxygen atoms in total. The Morgan fingerprint density at radius 1 is 1.33 bits per heavy atom. The number of carbonyl (C=O) groups excluding carboxylic acids is 1. The Kier molecular flexibility index (Phi) is 4.64. The predicted molar refractivity (Wildman–Crippen MR) is 72.6 cm³/mol. The van der Waals surface area contributed by atoms with Crippen LogP contribution < -0.4 is 10.6 Å². The quantitative estimate of drug-likeness (QED) is 0.859. The number of aromatic nitrogens is 2. The topological polar surface area (TPSA) is 66.9 Å². The highest BCUT2D eigenvalue weighted by Gasteiger charge is 2.13. The van der Waals surface area contributed by atoms with Gasteiger partial charge in [0.1, 0.15) is 5.82 Å². The van der Waals surface area contributed by atoms with Gasteiger partial charge in [0.25, 0.3) is 5.91 Å². The molecule has 100 valence electrons. The van der Waals surface area contributed by atoms with E-state index in [1.165, 1.54) is 0 Å². The van der Waals surface area contributed by atoms with Gasteiger partial charge in [-0.1, -0.05) is 6.92 Å². The number of rotatable bonds is 4. The second-order valence-electron chi connectivity index (χ2n) is 5.46. The van der Waals surface area contributed by atoms with Crippen LogP contribution in [0.1, 0.15) is 51.5 Å². The summed E-state index contributed by atoms with van der Waals surface area (Å²) in [6.07, 6.45) is 0.892. The van der Waals surface area contributed by atoms with Crippen LogP contribution in [0.5, 0.6) is 0 Å². The fourth-order valence-corrected chi connectivity index (χ4v) is 1.30. The molecule has 0 radical (unpaired) electrons. The lowest BCUT2D eigenvalue weighted by Gasteiger charge is -2.20. The fraction of sp³-hybridized carbons (Fsp3) is 0.615. The highest BCUT2D eigenvalue weighted by molar-refractivity contribution is 5.92. The van der Waals surface area contributed by atoms with Gasteiger partial charge in [0, 0.05) is 11.6 Å². The number of nitrogens with one attached hydrogen (secondary N) is 2. The second-order valence-corrected chi connectivity index (χ2v) is 5.46. The summed E-state index contributed by atoms with van der Waals surface area (Å²) in [7, 11) is 0. The first-order valence-electron chi connectivity index (χ1n) is 6.24. The van der Waals surface area contributed by atoms with E-state index in [0.717, 1.165) is 6.42 Å². The molecular weight excluding hydrogens is 228 g/mol. The van der Waals surface area contributed by atoms with E-state index in [0.29, 0.717) is 11.5 Å². The number of hydrogen-bond donors (Lipinski definition) is 2. The van der Waals surface area contributed by atoms with Gasteiger partial charge in [0.15, 0.2) is 5.69 Å². The minimum absolute atomic E-state index is 0.0742. The lowest BCUT2D eigenvalue weighted by molar-refractivity contribution is 0.0933. The molecule has 0 fully saturated rings. The van der Waals surface area contributed by atoms with Crippen molar-refractivity contribution in [1.29, 1.82) is 0 Å². The Morgan fingerprint density at radius 3 is 2.44 bits per heavy atom. The average Bonchev–Trinajstić information content (AvgIpc) is 2.27. The van der Waals surface area contributed by atoms with Gasteiger partial charge in [0.2, 0.25) is 0 Å². The van der Waals surface area contributed by atoms with E-state index in [-0.39, 0.29) is 17.5 Å². The molecule has 1 aromatic heterocycles. The number of anilines is 1. The molecule has 0 aliphatic rings. The lowest BCUT2D eigenvalue weighted by Crippen LogP contribution is -2.33. The minimum Gasteiger partial charge on any atom is -0.364 e. The van der Waals surface area contributed by atoms with Crippen molar-refractivity contribution in [3.63, 3.8) is 0 Å². The Balaban J connectivity index is 2.68. The van der Waals surface area contributed by atoms with Crippen molar-refractivity contribution in [1.82, 2.24) is 15.5 Å². The van der Waals surface area contributed by atoms with E-state index in [1.807, 2.05) is 34.6 Å². The van der Waals surface area contributed by atoms with Gasteiger partial charge in [-0.2, -0.15) is 0 Å². The maximum absolute atomic E-state index is 11.8. The third-order valence-electron chi connectivity index (χ3n) is 2.39. The molecule has 1 unspecified atom stereocenters. The third-order valence-corrected chi connectivity index (χ3v) is 2.39. The molecule has 2 N–H and O–H groups in total. The van der Waals surface area contributed by atoms with Crippen molar-refractivity contribution in [2.75, 3.05) is 5.32 Å². The standard InChI is InChI=1S/C13H22N4O/c1-6-9(2)14-12(18)10-7-8-11(17-16-10)15-13(3,4)5/h7-9H,6H2,1-5H3,(H,14,18)(H,15,17). The van der Waals surface area contributed by atoms with E-state index in [9.17, 15) is 4.79 Å². The first-order valence-corrected chi connectivity index (χ1v) is 6.24. The number of carbonyl (C=O) groups is 1. The van der Waals surface area contributed by atoms with Crippen LogP contribution >= 0.6 is 0 Å². The molecular formula is C13H22N4O. The third kappa shape index (κ3) is 4.69. The monoisotopic (exact) mass is 250 g/mol. The molecule has 0 spiro atoms. The Hall–Kier alpha value is -1.65. The predicted octanol–water partition coefficient (Wildman–Crippen LogP) is 2.22. The summed E-state index contributed by atoms with van der Waals surface area (Å²) < 4.78 is 0. The summed E-state index contributed by atoms with van der Waals surface area (Å²) in [5, 5.41) is 14.0. The summed E-state index contributed by atoms with van der Waals surface area (Å²) in [4.78, 5) is 11.8. The zero-order chi connectivity index (χ0) is 13.8. The molecule has 1 heterocycles. The van der Waals surface area contributed by atoms with Crippen LogP contribution in [0.2, 0.25) is 0 Å². The molecule has 1 atom stereocenters. The first kappa shape index (κ1) is 14.4. The van der Waals surface area contributed by atoms with Crippen LogP contribution in [0.15, 0.2) is 12.1 Å².